The third-order valence-electron chi connectivity index (χ3n) is 3.84. The van der Waals surface area contributed by atoms with Crippen LogP contribution in [-0.2, 0) is 11.2 Å². The van der Waals surface area contributed by atoms with Crippen LogP contribution in [0.4, 0.5) is 0 Å². The van der Waals surface area contributed by atoms with Gasteiger partial charge in [0.15, 0.2) is 6.61 Å². The number of piperazine rings is 1. The van der Waals surface area contributed by atoms with Crippen LogP contribution in [0.1, 0.15) is 12.5 Å². The lowest BCUT2D eigenvalue weighted by Crippen LogP contribution is -2.50. The summed E-state index contributed by atoms with van der Waals surface area (Å²) in [4.78, 5) is 16.1. The lowest BCUT2D eigenvalue weighted by Gasteiger charge is -2.34. The van der Waals surface area contributed by atoms with Crippen molar-refractivity contribution >= 4 is 5.91 Å². The zero-order valence-electron chi connectivity index (χ0n) is 12.6. The number of carbonyl (C=O) groups excluding carboxylic acids is 1. The summed E-state index contributed by atoms with van der Waals surface area (Å²) in [5.41, 5.74) is 1.26. The second-order valence-corrected chi connectivity index (χ2v) is 5.23. The summed E-state index contributed by atoms with van der Waals surface area (Å²) in [7, 11) is 0. The molecular formula is C16H24N2O3. The number of hydrogen-bond acceptors (Lipinski definition) is 4. The summed E-state index contributed by atoms with van der Waals surface area (Å²) in [5, 5.41) is 8.90. The molecule has 2 rings (SSSR count). The number of carbonyl (C=O) groups is 1. The van der Waals surface area contributed by atoms with E-state index in [-0.39, 0.29) is 19.1 Å². The van der Waals surface area contributed by atoms with E-state index in [0.717, 1.165) is 25.3 Å². The molecule has 21 heavy (non-hydrogen) atoms. The Hall–Kier alpha value is -1.59. The van der Waals surface area contributed by atoms with Crippen molar-refractivity contribution in [2.45, 2.75) is 13.3 Å². The average molecular weight is 292 g/mol. The van der Waals surface area contributed by atoms with Crippen molar-refractivity contribution in [3.05, 3.63) is 29.8 Å². The van der Waals surface area contributed by atoms with Gasteiger partial charge >= 0.3 is 0 Å². The molecule has 0 saturated carbocycles. The van der Waals surface area contributed by atoms with E-state index < -0.39 is 0 Å². The molecule has 1 aromatic rings. The lowest BCUT2D eigenvalue weighted by atomic mass is 10.2. The standard InChI is InChI=1S/C16H24N2O3/c1-2-14-3-5-15(6-4-14)21-13-16(20)18-9-7-17(8-10-18)11-12-19/h3-6,19H,2,7-13H2,1H3. The van der Waals surface area contributed by atoms with Crippen molar-refractivity contribution in [1.29, 1.82) is 0 Å². The molecular weight excluding hydrogens is 268 g/mol. The fourth-order valence-corrected chi connectivity index (χ4v) is 2.42. The first-order chi connectivity index (χ1) is 10.2. The minimum atomic E-state index is 0.0261. The predicted molar refractivity (Wildman–Crippen MR) is 81.4 cm³/mol. The van der Waals surface area contributed by atoms with Crippen LogP contribution in [0.5, 0.6) is 5.75 Å². The van der Waals surface area contributed by atoms with Gasteiger partial charge in [-0.2, -0.15) is 0 Å². The molecule has 116 valence electrons. The monoisotopic (exact) mass is 292 g/mol. The fraction of sp³-hybridized carbons (Fsp3) is 0.562. The Morgan fingerprint density at radius 1 is 1.19 bits per heavy atom. The highest BCUT2D eigenvalue weighted by Crippen LogP contribution is 2.13. The van der Waals surface area contributed by atoms with E-state index in [2.05, 4.69) is 11.8 Å². The van der Waals surface area contributed by atoms with Crippen LogP contribution in [0.15, 0.2) is 24.3 Å². The Morgan fingerprint density at radius 3 is 2.43 bits per heavy atom. The molecule has 1 fully saturated rings. The number of aliphatic hydroxyl groups is 1. The molecule has 1 N–H and O–H groups in total. The molecule has 0 aromatic heterocycles. The topological polar surface area (TPSA) is 53.0 Å². The smallest absolute Gasteiger partial charge is 0.260 e. The fourth-order valence-electron chi connectivity index (χ4n) is 2.42. The molecule has 1 aliphatic heterocycles. The molecule has 5 nitrogen and oxygen atoms in total. The molecule has 0 bridgehead atoms. The molecule has 0 radical (unpaired) electrons. The molecule has 0 unspecified atom stereocenters. The van der Waals surface area contributed by atoms with E-state index in [1.165, 1.54) is 5.56 Å². The summed E-state index contributed by atoms with van der Waals surface area (Å²) in [6.07, 6.45) is 0.997. The first-order valence-electron chi connectivity index (χ1n) is 7.55. The Balaban J connectivity index is 1.74. The number of aliphatic hydroxyl groups excluding tert-OH is 1. The Labute approximate surface area is 126 Å². The predicted octanol–water partition coefficient (Wildman–Crippen LogP) is 0.764. The van der Waals surface area contributed by atoms with Gasteiger partial charge < -0.3 is 14.7 Å². The molecule has 1 amide bonds. The number of amides is 1. The quantitative estimate of drug-likeness (QED) is 0.841. The number of nitrogens with zero attached hydrogens (tertiary/aromatic N) is 2. The van der Waals surface area contributed by atoms with Crippen molar-refractivity contribution in [3.8, 4) is 5.75 Å². The van der Waals surface area contributed by atoms with E-state index in [0.29, 0.717) is 19.6 Å². The van der Waals surface area contributed by atoms with E-state index in [4.69, 9.17) is 9.84 Å². The van der Waals surface area contributed by atoms with Gasteiger partial charge in [0.1, 0.15) is 5.75 Å². The summed E-state index contributed by atoms with van der Waals surface area (Å²) in [5.74, 6) is 0.762. The third kappa shape index (κ3) is 4.72. The molecule has 0 spiro atoms. The zero-order valence-corrected chi connectivity index (χ0v) is 12.6. The highest BCUT2D eigenvalue weighted by atomic mass is 16.5. The van der Waals surface area contributed by atoms with Gasteiger partial charge in [-0.25, -0.2) is 0 Å². The third-order valence-corrected chi connectivity index (χ3v) is 3.84. The minimum absolute atomic E-state index is 0.0261. The van der Waals surface area contributed by atoms with Crippen molar-refractivity contribution in [2.24, 2.45) is 0 Å². The highest BCUT2D eigenvalue weighted by molar-refractivity contribution is 5.77. The maximum Gasteiger partial charge on any atom is 0.260 e. The van der Waals surface area contributed by atoms with Gasteiger partial charge in [-0.3, -0.25) is 9.69 Å². The Morgan fingerprint density at radius 2 is 1.86 bits per heavy atom. The Kier molecular flexibility index (Phi) is 6.02. The summed E-state index contributed by atoms with van der Waals surface area (Å²) in [6.45, 7) is 6.09. The highest BCUT2D eigenvalue weighted by Gasteiger charge is 2.20. The van der Waals surface area contributed by atoms with E-state index in [1.54, 1.807) is 0 Å². The van der Waals surface area contributed by atoms with Gasteiger partial charge in [-0.1, -0.05) is 19.1 Å². The van der Waals surface area contributed by atoms with Crippen LogP contribution in [0.3, 0.4) is 0 Å². The van der Waals surface area contributed by atoms with E-state index >= 15 is 0 Å². The van der Waals surface area contributed by atoms with Crippen molar-refractivity contribution < 1.29 is 14.6 Å². The molecule has 1 aliphatic rings. The Bertz CT molecular complexity index is 439. The second kappa shape index (κ2) is 8.00. The molecule has 0 aliphatic carbocycles. The summed E-state index contributed by atoms with van der Waals surface area (Å²) >= 11 is 0. The maximum atomic E-state index is 12.1. The average Bonchev–Trinajstić information content (AvgIpc) is 2.54. The molecule has 1 aromatic carbocycles. The molecule has 1 heterocycles. The normalized spacial score (nSPS) is 16.0. The van der Waals surface area contributed by atoms with Crippen LogP contribution in [0, 0.1) is 0 Å². The summed E-state index contributed by atoms with van der Waals surface area (Å²) in [6, 6.07) is 7.86. The largest absolute Gasteiger partial charge is 0.484 e. The van der Waals surface area contributed by atoms with Gasteiger partial charge in [0, 0.05) is 32.7 Å². The summed E-state index contributed by atoms with van der Waals surface area (Å²) < 4.78 is 5.55. The van der Waals surface area contributed by atoms with Gasteiger partial charge in [-0.05, 0) is 24.1 Å². The SMILES string of the molecule is CCc1ccc(OCC(=O)N2CCN(CCO)CC2)cc1. The van der Waals surface area contributed by atoms with Gasteiger partial charge in [0.25, 0.3) is 5.91 Å². The van der Waals surface area contributed by atoms with Crippen molar-refractivity contribution in [1.82, 2.24) is 9.80 Å². The van der Waals surface area contributed by atoms with Gasteiger partial charge in [0.2, 0.25) is 0 Å². The van der Waals surface area contributed by atoms with Crippen LogP contribution < -0.4 is 4.74 Å². The number of ether oxygens (including phenoxy) is 1. The number of β-amino-alcohol motifs (C(OH)–C–C–N with tert-alkyl or cyclic N) is 1. The van der Waals surface area contributed by atoms with Crippen molar-refractivity contribution in [3.63, 3.8) is 0 Å². The van der Waals surface area contributed by atoms with Crippen molar-refractivity contribution in [2.75, 3.05) is 45.9 Å². The number of hydrogen-bond donors (Lipinski definition) is 1. The van der Waals surface area contributed by atoms with Crippen LogP contribution in [0.2, 0.25) is 0 Å². The number of rotatable bonds is 6. The first-order valence-corrected chi connectivity index (χ1v) is 7.55. The van der Waals surface area contributed by atoms with Gasteiger partial charge in [-0.15, -0.1) is 0 Å². The number of aryl methyl sites for hydroxylation is 1. The maximum absolute atomic E-state index is 12.1. The van der Waals surface area contributed by atoms with Crippen LogP contribution in [0.25, 0.3) is 0 Å². The van der Waals surface area contributed by atoms with E-state index in [9.17, 15) is 4.79 Å². The zero-order chi connectivity index (χ0) is 15.1. The molecule has 1 saturated heterocycles. The minimum Gasteiger partial charge on any atom is -0.484 e. The van der Waals surface area contributed by atoms with Crippen LogP contribution in [-0.4, -0.2) is 66.8 Å². The first kappa shape index (κ1) is 15.8. The van der Waals surface area contributed by atoms with E-state index in [1.807, 2.05) is 29.2 Å². The molecule has 0 atom stereocenters. The number of benzene rings is 1. The molecule has 5 heteroatoms. The van der Waals surface area contributed by atoms with Gasteiger partial charge in [0.05, 0.1) is 6.61 Å². The van der Waals surface area contributed by atoms with Crippen LogP contribution >= 0.6 is 0 Å². The lowest BCUT2D eigenvalue weighted by molar-refractivity contribution is -0.135. The second-order valence-electron chi connectivity index (χ2n) is 5.23.